The normalized spacial score (nSPS) is 20.4. The lowest BCUT2D eigenvalue weighted by molar-refractivity contribution is -0.139. The van der Waals surface area contributed by atoms with Crippen LogP contribution in [0.2, 0.25) is 0 Å². The van der Waals surface area contributed by atoms with E-state index >= 15 is 0 Å². The van der Waals surface area contributed by atoms with E-state index in [2.05, 4.69) is 0 Å². The summed E-state index contributed by atoms with van der Waals surface area (Å²) in [7, 11) is 0. The molecule has 0 saturated heterocycles. The van der Waals surface area contributed by atoms with E-state index in [0.29, 0.717) is 49.7 Å². The second-order valence-corrected chi connectivity index (χ2v) is 9.49. The number of phenols is 1. The predicted molar refractivity (Wildman–Crippen MR) is 136 cm³/mol. The Hall–Kier alpha value is -4.14. The molecule has 0 spiro atoms. The van der Waals surface area contributed by atoms with Crippen molar-refractivity contribution < 1.29 is 43.6 Å². The van der Waals surface area contributed by atoms with Gasteiger partial charge in [-0.2, -0.15) is 0 Å². The molecule has 2 N–H and O–H groups in total. The fraction of sp³-hybridized carbons (Fsp3) is 0.379. The highest BCUT2D eigenvalue weighted by atomic mass is 16.5. The zero-order valence-electron chi connectivity index (χ0n) is 21.1. The summed E-state index contributed by atoms with van der Waals surface area (Å²) >= 11 is 0. The van der Waals surface area contributed by atoms with Gasteiger partial charge in [0.2, 0.25) is 0 Å². The smallest absolute Gasteiger partial charge is 0.342 e. The van der Waals surface area contributed by atoms with E-state index in [9.17, 15) is 24.3 Å². The maximum absolute atomic E-state index is 13.3. The van der Waals surface area contributed by atoms with Crippen molar-refractivity contribution in [3.05, 3.63) is 58.7 Å². The van der Waals surface area contributed by atoms with Gasteiger partial charge in [-0.3, -0.25) is 9.59 Å². The number of fused-ring (bicyclic) bond motifs is 2. The maximum Gasteiger partial charge on any atom is 0.342 e. The first kappa shape index (κ1) is 26.9. The van der Waals surface area contributed by atoms with Gasteiger partial charge in [-0.25, -0.2) is 9.59 Å². The molecule has 2 aromatic rings. The number of benzene rings is 2. The van der Waals surface area contributed by atoms with Crippen LogP contribution in [0.25, 0.3) is 6.08 Å². The number of hydrogen-bond donors (Lipinski definition) is 2. The molecule has 38 heavy (non-hydrogen) atoms. The number of phenolic OH excluding ortho intramolecular Hbond substituents is 1. The summed E-state index contributed by atoms with van der Waals surface area (Å²) in [6, 6.07) is 8.16. The second kappa shape index (κ2) is 11.9. The molecular weight excluding hydrogens is 492 g/mol. The van der Waals surface area contributed by atoms with Gasteiger partial charge in [0.1, 0.15) is 28.6 Å². The summed E-state index contributed by atoms with van der Waals surface area (Å²) in [6.07, 6.45) is 6.06. The molecule has 0 aromatic heterocycles. The van der Waals surface area contributed by atoms with Gasteiger partial charge >= 0.3 is 17.9 Å². The fourth-order valence-electron chi connectivity index (χ4n) is 4.82. The van der Waals surface area contributed by atoms with Crippen molar-refractivity contribution >= 4 is 29.8 Å². The minimum atomic E-state index is -1.16. The van der Waals surface area contributed by atoms with Crippen molar-refractivity contribution in [3.8, 4) is 17.2 Å². The van der Waals surface area contributed by atoms with Crippen LogP contribution >= 0.6 is 0 Å². The number of esters is 2. The zero-order chi connectivity index (χ0) is 27.2. The van der Waals surface area contributed by atoms with Crippen LogP contribution in [0.15, 0.2) is 36.4 Å². The number of ether oxygens (including phenoxy) is 3. The minimum absolute atomic E-state index is 0.0492. The third-order valence-electron chi connectivity index (χ3n) is 6.62. The van der Waals surface area contributed by atoms with Gasteiger partial charge in [-0.1, -0.05) is 30.4 Å². The van der Waals surface area contributed by atoms with Crippen LogP contribution in [0.4, 0.5) is 0 Å². The average Bonchev–Trinajstić information content (AvgIpc) is 2.86. The van der Waals surface area contributed by atoms with Gasteiger partial charge in [-0.05, 0) is 50.3 Å². The molecule has 2 aliphatic rings. The molecule has 0 aliphatic carbocycles. The maximum atomic E-state index is 13.3. The molecule has 9 nitrogen and oxygen atoms in total. The van der Waals surface area contributed by atoms with E-state index < -0.39 is 36.5 Å². The van der Waals surface area contributed by atoms with Gasteiger partial charge in [-0.15, -0.1) is 0 Å². The third-order valence-corrected chi connectivity index (χ3v) is 6.62. The molecule has 2 aromatic carbocycles. The van der Waals surface area contributed by atoms with Crippen molar-refractivity contribution in [2.24, 2.45) is 0 Å². The first-order valence-electron chi connectivity index (χ1n) is 12.7. The van der Waals surface area contributed by atoms with E-state index in [-0.39, 0.29) is 40.6 Å². The fourth-order valence-corrected chi connectivity index (χ4v) is 4.82. The zero-order valence-corrected chi connectivity index (χ0v) is 21.1. The van der Waals surface area contributed by atoms with Crippen LogP contribution in [-0.2, 0) is 19.1 Å². The summed E-state index contributed by atoms with van der Waals surface area (Å²) < 4.78 is 16.6. The molecule has 0 amide bonds. The Bertz CT molecular complexity index is 1280. The summed E-state index contributed by atoms with van der Waals surface area (Å²) in [6.45, 7) is 1.15. The number of aliphatic carboxylic acids is 1. The Balaban J connectivity index is 1.81. The molecule has 2 heterocycles. The Morgan fingerprint density at radius 1 is 1.13 bits per heavy atom. The Kier molecular flexibility index (Phi) is 8.45. The van der Waals surface area contributed by atoms with Gasteiger partial charge < -0.3 is 24.4 Å². The molecule has 2 aliphatic heterocycles. The Morgan fingerprint density at radius 3 is 2.68 bits per heavy atom. The van der Waals surface area contributed by atoms with Gasteiger partial charge in [0, 0.05) is 29.9 Å². The molecule has 9 heteroatoms. The lowest BCUT2D eigenvalue weighted by atomic mass is 9.83. The van der Waals surface area contributed by atoms with E-state index in [1.54, 1.807) is 43.3 Å². The first-order valence-corrected chi connectivity index (χ1v) is 12.7. The number of ketones is 1. The molecule has 4 rings (SSSR count). The quantitative estimate of drug-likeness (QED) is 0.429. The van der Waals surface area contributed by atoms with Crippen molar-refractivity contribution in [1.82, 2.24) is 0 Å². The SMILES string of the molecule is C[C@H]1CCCC(=O)CCCC=Cc2cc3c(c(O)c2C(=O)O1)C(c1ccccc1OCC(=O)O)CC(=O)O3. The summed E-state index contributed by atoms with van der Waals surface area (Å²) in [5.41, 5.74) is 0.974. The lowest BCUT2D eigenvalue weighted by Gasteiger charge is -2.28. The molecule has 0 saturated carbocycles. The van der Waals surface area contributed by atoms with Crippen molar-refractivity contribution in [1.29, 1.82) is 0 Å². The molecule has 200 valence electrons. The monoisotopic (exact) mass is 522 g/mol. The van der Waals surface area contributed by atoms with Gasteiger partial charge in [0.15, 0.2) is 6.61 Å². The second-order valence-electron chi connectivity index (χ2n) is 9.49. The molecule has 1 unspecified atom stereocenters. The number of carboxylic acids is 1. The van der Waals surface area contributed by atoms with Crippen LogP contribution in [0.5, 0.6) is 17.2 Å². The number of rotatable bonds is 4. The summed E-state index contributed by atoms with van der Waals surface area (Å²) in [5.74, 6) is -3.05. The van der Waals surface area contributed by atoms with E-state index in [4.69, 9.17) is 19.3 Å². The number of aromatic hydroxyl groups is 1. The van der Waals surface area contributed by atoms with E-state index in [0.717, 1.165) is 0 Å². The Morgan fingerprint density at radius 2 is 1.89 bits per heavy atom. The van der Waals surface area contributed by atoms with Crippen LogP contribution < -0.4 is 9.47 Å². The highest BCUT2D eigenvalue weighted by Gasteiger charge is 2.36. The summed E-state index contributed by atoms with van der Waals surface area (Å²) in [4.78, 5) is 49.1. The van der Waals surface area contributed by atoms with Crippen molar-refractivity contribution in [2.75, 3.05) is 6.61 Å². The van der Waals surface area contributed by atoms with Crippen LogP contribution in [0, 0.1) is 0 Å². The average molecular weight is 523 g/mol. The topological polar surface area (TPSA) is 136 Å². The highest BCUT2D eigenvalue weighted by molar-refractivity contribution is 5.98. The molecular formula is C29H30O9. The number of para-hydroxylation sites is 1. The number of Topliss-reactive ketones (excluding diaryl/α,β-unsaturated/α-hetero) is 1. The largest absolute Gasteiger partial charge is 0.507 e. The first-order chi connectivity index (χ1) is 18.2. The predicted octanol–water partition coefficient (Wildman–Crippen LogP) is 4.78. The molecule has 0 bridgehead atoms. The number of carbonyl (C=O) groups excluding carboxylic acids is 3. The van der Waals surface area contributed by atoms with E-state index in [1.165, 1.54) is 6.07 Å². The minimum Gasteiger partial charge on any atom is -0.507 e. The number of carbonyl (C=O) groups is 4. The van der Waals surface area contributed by atoms with Crippen LogP contribution in [-0.4, -0.2) is 46.6 Å². The van der Waals surface area contributed by atoms with Gasteiger partial charge in [0.25, 0.3) is 0 Å². The lowest BCUT2D eigenvalue weighted by Crippen LogP contribution is -2.24. The molecule has 0 fully saturated rings. The van der Waals surface area contributed by atoms with E-state index in [1.807, 2.05) is 0 Å². The molecule has 2 atom stereocenters. The molecule has 0 radical (unpaired) electrons. The Labute approximate surface area is 220 Å². The third kappa shape index (κ3) is 6.22. The van der Waals surface area contributed by atoms with Crippen LogP contribution in [0.3, 0.4) is 0 Å². The number of hydrogen-bond acceptors (Lipinski definition) is 8. The standard InChI is InChI=1S/C29H30O9/c1-17-8-7-11-19(30)10-4-2-3-9-18-14-23-27(28(34)26(18)29(35)37-17)21(15-25(33)38-23)20-12-5-6-13-22(20)36-16-24(31)32/h3,5-6,9,12-14,17,21,34H,2,4,7-8,10-11,15-16H2,1H3,(H,31,32)/t17-,21?/m0/s1. The van der Waals surface area contributed by atoms with Crippen LogP contribution in [0.1, 0.15) is 84.8 Å². The van der Waals surface area contributed by atoms with Crippen molar-refractivity contribution in [2.45, 2.75) is 63.9 Å². The highest BCUT2D eigenvalue weighted by Crippen LogP contribution is 2.48. The number of allylic oxidation sites excluding steroid dienone is 1. The number of cyclic esters (lactones) is 1. The van der Waals surface area contributed by atoms with Crippen molar-refractivity contribution in [3.63, 3.8) is 0 Å². The van der Waals surface area contributed by atoms with Gasteiger partial charge in [0.05, 0.1) is 12.5 Å². The summed E-state index contributed by atoms with van der Waals surface area (Å²) in [5, 5.41) is 20.6. The number of carboxylic acid groups (broad SMARTS) is 1.